The Morgan fingerprint density at radius 2 is 1.40 bits per heavy atom. The monoisotopic (exact) mass is 773 g/mol. The Morgan fingerprint density at radius 3 is 2.05 bits per heavy atom. The number of methoxy groups -OCH3 is 1. The van der Waals surface area contributed by atoms with E-state index in [0.717, 1.165) is 69.6 Å². The van der Waals surface area contributed by atoms with Gasteiger partial charge in [-0.15, -0.1) is 0 Å². The minimum atomic E-state index is -0.724. The third-order valence-electron chi connectivity index (χ3n) is 11.3. The Kier molecular flexibility index (Phi) is 9.96. The second-order valence-corrected chi connectivity index (χ2v) is 15.8. The van der Waals surface area contributed by atoms with Crippen molar-refractivity contribution < 1.29 is 23.9 Å². The summed E-state index contributed by atoms with van der Waals surface area (Å²) in [5.74, 6) is 0.668. The highest BCUT2D eigenvalue weighted by Crippen LogP contribution is 2.36. The fourth-order valence-electron chi connectivity index (χ4n) is 8.32. The van der Waals surface area contributed by atoms with Gasteiger partial charge in [-0.1, -0.05) is 33.8 Å². The molecule has 8 rings (SSSR count). The SMILES string of the molecule is COC(=O)N[C@H](C(=O)N1CCC[C@H]1c1nc2ncc3cc(-c4ccc5c(c4)ncc4nc([C@@H]6CCCN6C(=O)[C@@H](NC(C)=O)C(C)C)[nH]c45)ncc3c2[nH]1)C(C)C. The molecule has 2 saturated heterocycles. The molecule has 16 heteroatoms. The number of alkyl carbamates (subject to hydrolysis) is 1. The highest BCUT2D eigenvalue weighted by molar-refractivity contribution is 6.05. The number of hydrogen-bond donors (Lipinski definition) is 4. The van der Waals surface area contributed by atoms with Crippen LogP contribution >= 0.6 is 0 Å². The van der Waals surface area contributed by atoms with Crippen molar-refractivity contribution in [3.63, 3.8) is 0 Å². The van der Waals surface area contributed by atoms with Crippen molar-refractivity contribution in [1.29, 1.82) is 0 Å². The second kappa shape index (κ2) is 15.0. The largest absolute Gasteiger partial charge is 0.453 e. The number of carbonyl (C=O) groups excluding carboxylic acids is 4. The lowest BCUT2D eigenvalue weighted by molar-refractivity contribution is -0.138. The third kappa shape index (κ3) is 6.97. The summed E-state index contributed by atoms with van der Waals surface area (Å²) in [4.78, 5) is 85.8. The third-order valence-corrected chi connectivity index (χ3v) is 11.3. The number of H-pyrrole nitrogens is 2. The number of nitrogens with zero attached hydrogens (tertiary/aromatic N) is 7. The van der Waals surface area contributed by atoms with E-state index < -0.39 is 18.2 Å². The number of hydrogen-bond acceptors (Lipinski definition) is 10. The van der Waals surface area contributed by atoms with E-state index in [2.05, 4.69) is 25.6 Å². The molecule has 1 aromatic carbocycles. The number of likely N-dealkylation sites (tertiary alicyclic amines) is 2. The topological polar surface area (TPSA) is 204 Å². The van der Waals surface area contributed by atoms with E-state index >= 15 is 0 Å². The van der Waals surface area contributed by atoms with E-state index in [4.69, 9.17) is 24.7 Å². The number of imidazole rings is 2. The lowest BCUT2D eigenvalue weighted by Crippen LogP contribution is -2.51. The molecule has 7 heterocycles. The number of nitrogens with one attached hydrogen (secondary N) is 4. The quantitative estimate of drug-likeness (QED) is 0.146. The van der Waals surface area contributed by atoms with Gasteiger partial charge in [0, 0.05) is 54.1 Å². The van der Waals surface area contributed by atoms with Gasteiger partial charge in [0.05, 0.1) is 47.6 Å². The number of carbonyl (C=O) groups is 4. The van der Waals surface area contributed by atoms with Gasteiger partial charge in [0.15, 0.2) is 5.65 Å². The zero-order chi connectivity index (χ0) is 40.1. The standard InChI is InChI=1S/C41H47N11O5/c1-20(2)32(45-22(5)53)39(54)51-13-7-9-30(51)36-46-29-19-43-28-15-23(11-12-25(28)34(29)47-36)27-16-24-17-44-38-35(26(24)18-42-27)48-37(50-38)31-10-8-14-52(31)40(55)33(21(3)4)49-41(56)57-6/h11-12,15-21,30-33H,7-10,13-14H2,1-6H3,(H,45,53)(H,46,47)(H,49,56)(H,44,48,50)/t30-,31-,32-,33-/m0/s1. The molecule has 5 aromatic heterocycles. The van der Waals surface area contributed by atoms with Gasteiger partial charge in [-0.05, 0) is 55.7 Å². The van der Waals surface area contributed by atoms with E-state index in [-0.39, 0.29) is 41.6 Å². The minimum Gasteiger partial charge on any atom is -0.453 e. The Balaban J connectivity index is 1.05. The van der Waals surface area contributed by atoms with Crippen LogP contribution < -0.4 is 10.6 Å². The van der Waals surface area contributed by atoms with Crippen molar-refractivity contribution in [3.8, 4) is 11.3 Å². The molecule has 6 aromatic rings. The molecular formula is C41H47N11O5. The van der Waals surface area contributed by atoms with Crippen molar-refractivity contribution in [2.24, 2.45) is 11.8 Å². The summed E-state index contributed by atoms with van der Waals surface area (Å²) in [5, 5.41) is 8.16. The van der Waals surface area contributed by atoms with Gasteiger partial charge < -0.3 is 35.1 Å². The Labute approximate surface area is 328 Å². The fraction of sp³-hybridized carbons (Fsp3) is 0.439. The first-order valence-corrected chi connectivity index (χ1v) is 19.6. The number of aromatic amines is 2. The molecule has 2 aliphatic heterocycles. The van der Waals surface area contributed by atoms with Crippen LogP contribution in [0.1, 0.15) is 84.0 Å². The highest BCUT2D eigenvalue weighted by Gasteiger charge is 2.39. The van der Waals surface area contributed by atoms with Gasteiger partial charge in [0.2, 0.25) is 17.7 Å². The van der Waals surface area contributed by atoms with Crippen molar-refractivity contribution in [2.75, 3.05) is 20.2 Å². The first kappa shape index (κ1) is 37.7. The van der Waals surface area contributed by atoms with E-state index in [9.17, 15) is 19.2 Å². The van der Waals surface area contributed by atoms with E-state index in [0.29, 0.717) is 35.9 Å². The molecule has 0 saturated carbocycles. The molecule has 4 N–H and O–H groups in total. The number of benzene rings is 1. The molecule has 0 aliphatic carbocycles. The first-order chi connectivity index (χ1) is 27.4. The van der Waals surface area contributed by atoms with Crippen LogP contribution in [-0.2, 0) is 19.1 Å². The van der Waals surface area contributed by atoms with Crippen molar-refractivity contribution in [2.45, 2.75) is 84.5 Å². The molecule has 2 fully saturated rings. The molecule has 4 atom stereocenters. The molecule has 16 nitrogen and oxygen atoms in total. The average molecular weight is 774 g/mol. The number of aromatic nitrogens is 7. The lowest BCUT2D eigenvalue weighted by atomic mass is 10.0. The maximum atomic E-state index is 13.7. The molecule has 0 bridgehead atoms. The lowest BCUT2D eigenvalue weighted by Gasteiger charge is -2.30. The van der Waals surface area contributed by atoms with Crippen LogP contribution in [0.2, 0.25) is 0 Å². The Hall–Kier alpha value is -6.19. The van der Waals surface area contributed by atoms with E-state index in [1.807, 2.05) is 63.1 Å². The Bertz CT molecular complexity index is 2540. The summed E-state index contributed by atoms with van der Waals surface area (Å²) < 4.78 is 4.77. The van der Waals surface area contributed by atoms with Crippen LogP contribution in [0.5, 0.6) is 0 Å². The number of fused-ring (bicyclic) bond motifs is 6. The molecule has 2 aliphatic rings. The van der Waals surface area contributed by atoms with Crippen molar-refractivity contribution in [1.82, 2.24) is 55.3 Å². The highest BCUT2D eigenvalue weighted by atomic mass is 16.5. The van der Waals surface area contributed by atoms with Gasteiger partial charge in [-0.3, -0.25) is 24.4 Å². The van der Waals surface area contributed by atoms with Crippen molar-refractivity contribution in [3.05, 3.63) is 54.5 Å². The van der Waals surface area contributed by atoms with Gasteiger partial charge in [-0.25, -0.2) is 19.7 Å². The van der Waals surface area contributed by atoms with E-state index in [1.165, 1.54) is 14.0 Å². The van der Waals surface area contributed by atoms with Gasteiger partial charge in [0.25, 0.3) is 0 Å². The van der Waals surface area contributed by atoms with Crippen LogP contribution in [0.25, 0.3) is 55.1 Å². The number of rotatable bonds is 9. The second-order valence-electron chi connectivity index (χ2n) is 15.8. The molecule has 4 amide bonds. The van der Waals surface area contributed by atoms with E-state index in [1.54, 1.807) is 17.3 Å². The first-order valence-electron chi connectivity index (χ1n) is 19.6. The fourth-order valence-corrected chi connectivity index (χ4v) is 8.32. The van der Waals surface area contributed by atoms with Crippen LogP contribution in [0.15, 0.2) is 42.9 Å². The maximum Gasteiger partial charge on any atom is 0.407 e. The van der Waals surface area contributed by atoms with Gasteiger partial charge in [0.1, 0.15) is 29.2 Å². The van der Waals surface area contributed by atoms with Crippen LogP contribution in [0.3, 0.4) is 0 Å². The predicted octanol–water partition coefficient (Wildman–Crippen LogP) is 5.47. The molecule has 0 radical (unpaired) electrons. The normalized spacial score (nSPS) is 18.3. The molecule has 0 unspecified atom stereocenters. The summed E-state index contributed by atoms with van der Waals surface area (Å²) >= 11 is 0. The van der Waals surface area contributed by atoms with Crippen LogP contribution in [0.4, 0.5) is 4.79 Å². The summed E-state index contributed by atoms with van der Waals surface area (Å²) in [6, 6.07) is 6.17. The summed E-state index contributed by atoms with van der Waals surface area (Å²) in [5.41, 5.74) is 5.24. The summed E-state index contributed by atoms with van der Waals surface area (Å²) in [6.07, 6.45) is 7.86. The molecule has 296 valence electrons. The van der Waals surface area contributed by atoms with Crippen LogP contribution in [-0.4, -0.2) is 101 Å². The zero-order valence-electron chi connectivity index (χ0n) is 32.9. The average Bonchev–Trinajstić information content (AvgIpc) is 4.03. The summed E-state index contributed by atoms with van der Waals surface area (Å²) in [7, 11) is 1.28. The molecular weight excluding hydrogens is 727 g/mol. The van der Waals surface area contributed by atoms with Crippen LogP contribution in [0, 0.1) is 11.8 Å². The molecule has 0 spiro atoms. The zero-order valence-corrected chi connectivity index (χ0v) is 32.9. The Morgan fingerprint density at radius 1 is 0.754 bits per heavy atom. The minimum absolute atomic E-state index is 0.0529. The number of pyridine rings is 3. The smallest absolute Gasteiger partial charge is 0.407 e. The maximum absolute atomic E-state index is 13.7. The number of amides is 4. The summed E-state index contributed by atoms with van der Waals surface area (Å²) in [6.45, 7) is 10.2. The molecule has 57 heavy (non-hydrogen) atoms. The predicted molar refractivity (Wildman–Crippen MR) is 214 cm³/mol. The van der Waals surface area contributed by atoms with Gasteiger partial charge in [-0.2, -0.15) is 0 Å². The number of ether oxygens (including phenoxy) is 1. The van der Waals surface area contributed by atoms with Crippen molar-refractivity contribution >= 4 is 67.7 Å². The van der Waals surface area contributed by atoms with Gasteiger partial charge >= 0.3 is 6.09 Å².